The van der Waals surface area contributed by atoms with Gasteiger partial charge in [0.2, 0.25) is 5.43 Å². The van der Waals surface area contributed by atoms with E-state index in [0.29, 0.717) is 11.0 Å². The van der Waals surface area contributed by atoms with Crippen molar-refractivity contribution < 1.29 is 14.6 Å². The number of rotatable bonds is 0. The van der Waals surface area contributed by atoms with Crippen molar-refractivity contribution >= 4 is 53.8 Å². The maximum Gasteiger partial charge on any atom is 0.204 e. The number of phenolic OH excluding ortho intramolecular Hbond substituents is 2. The quantitative estimate of drug-likeness (QED) is 0.576. The number of fused-ring (bicyclic) bond motifs is 2. The van der Waals surface area contributed by atoms with Crippen LogP contribution in [0.4, 0.5) is 0 Å². The van der Waals surface area contributed by atoms with E-state index in [-0.39, 0.29) is 36.8 Å². The fourth-order valence-corrected chi connectivity index (χ4v) is 3.08. The molecule has 96 valence electrons. The van der Waals surface area contributed by atoms with Crippen molar-refractivity contribution in [3.8, 4) is 11.5 Å². The summed E-state index contributed by atoms with van der Waals surface area (Å²) in [6.07, 6.45) is 0. The van der Waals surface area contributed by atoms with E-state index in [4.69, 9.17) is 4.42 Å². The van der Waals surface area contributed by atoms with E-state index in [1.54, 1.807) is 24.3 Å². The van der Waals surface area contributed by atoms with Crippen molar-refractivity contribution in [1.29, 1.82) is 0 Å². The van der Waals surface area contributed by atoms with Gasteiger partial charge in [-0.25, -0.2) is 0 Å². The molecule has 0 fully saturated rings. The van der Waals surface area contributed by atoms with Crippen molar-refractivity contribution in [2.75, 3.05) is 0 Å². The molecular weight excluding hydrogens is 380 g/mol. The Bertz CT molecular complexity index is 883. The van der Waals surface area contributed by atoms with Crippen LogP contribution in [0.15, 0.2) is 42.4 Å². The van der Waals surface area contributed by atoms with Gasteiger partial charge >= 0.3 is 0 Å². The monoisotopic (exact) mass is 384 g/mol. The second-order valence-corrected chi connectivity index (χ2v) is 5.54. The van der Waals surface area contributed by atoms with Crippen molar-refractivity contribution in [1.82, 2.24) is 0 Å². The lowest BCUT2D eigenvalue weighted by Gasteiger charge is -2.08. The van der Waals surface area contributed by atoms with E-state index in [1.165, 1.54) is 0 Å². The van der Waals surface area contributed by atoms with Gasteiger partial charge in [-0.2, -0.15) is 0 Å². The van der Waals surface area contributed by atoms with Crippen LogP contribution in [-0.4, -0.2) is 10.2 Å². The van der Waals surface area contributed by atoms with Crippen molar-refractivity contribution in [3.05, 3.63) is 43.4 Å². The lowest BCUT2D eigenvalue weighted by Crippen LogP contribution is -2.03. The van der Waals surface area contributed by atoms with Gasteiger partial charge in [0.1, 0.15) is 25.7 Å². The molecule has 0 radical (unpaired) electrons. The number of phenols is 2. The molecule has 0 aliphatic carbocycles. The van der Waals surface area contributed by atoms with Gasteiger partial charge in [-0.3, -0.25) is 4.79 Å². The highest BCUT2D eigenvalue weighted by Gasteiger charge is 2.21. The summed E-state index contributed by atoms with van der Waals surface area (Å²) in [5.74, 6) is -0.557. The van der Waals surface area contributed by atoms with Crippen LogP contribution < -0.4 is 5.43 Å². The Labute approximate surface area is 123 Å². The van der Waals surface area contributed by atoms with Gasteiger partial charge in [-0.05, 0) is 44.0 Å². The number of halogens is 2. The predicted octanol–water partition coefficient (Wildman–Crippen LogP) is 3.88. The Kier molecular flexibility index (Phi) is 2.79. The Morgan fingerprint density at radius 1 is 1.00 bits per heavy atom. The molecule has 19 heavy (non-hydrogen) atoms. The van der Waals surface area contributed by atoms with Crippen LogP contribution in [0.3, 0.4) is 0 Å². The molecule has 0 saturated heterocycles. The fourth-order valence-electron chi connectivity index (χ4n) is 1.94. The minimum Gasteiger partial charge on any atom is -0.506 e. The third-order valence-electron chi connectivity index (χ3n) is 2.86. The molecule has 0 saturated carbocycles. The van der Waals surface area contributed by atoms with Gasteiger partial charge in [-0.1, -0.05) is 12.1 Å². The molecule has 3 aromatic rings. The second kappa shape index (κ2) is 4.25. The average Bonchev–Trinajstić information content (AvgIpc) is 2.43. The summed E-state index contributed by atoms with van der Waals surface area (Å²) < 4.78 is 5.85. The Morgan fingerprint density at radius 2 is 1.68 bits per heavy atom. The molecule has 0 aliphatic rings. The van der Waals surface area contributed by atoms with Crippen LogP contribution in [0.1, 0.15) is 0 Å². The summed E-state index contributed by atoms with van der Waals surface area (Å²) in [7, 11) is 0. The molecule has 1 aromatic heterocycles. The largest absolute Gasteiger partial charge is 0.506 e. The number of benzene rings is 2. The molecule has 2 aromatic carbocycles. The van der Waals surface area contributed by atoms with Crippen LogP contribution in [-0.2, 0) is 0 Å². The maximum absolute atomic E-state index is 12.4. The topological polar surface area (TPSA) is 70.7 Å². The van der Waals surface area contributed by atoms with E-state index < -0.39 is 0 Å². The van der Waals surface area contributed by atoms with Gasteiger partial charge in [-0.15, -0.1) is 0 Å². The lowest BCUT2D eigenvalue weighted by molar-refractivity contribution is 0.444. The molecule has 0 spiro atoms. The standard InChI is InChI=1S/C13H6Br2O4/c14-8-11(17)7-10(16)5-3-1-2-4-6(5)19-13(7)9(15)12(8)18/h1-4,17-18H. The first-order chi connectivity index (χ1) is 9.02. The average molecular weight is 386 g/mol. The van der Waals surface area contributed by atoms with Crippen molar-refractivity contribution in [3.63, 3.8) is 0 Å². The van der Waals surface area contributed by atoms with E-state index >= 15 is 0 Å². The highest BCUT2D eigenvalue weighted by atomic mass is 79.9. The molecule has 1 heterocycles. The first-order valence-corrected chi connectivity index (χ1v) is 6.85. The second-order valence-electron chi connectivity index (χ2n) is 3.96. The van der Waals surface area contributed by atoms with Gasteiger partial charge in [0.15, 0.2) is 11.3 Å². The molecule has 2 N–H and O–H groups in total. The number of hydrogen-bond donors (Lipinski definition) is 2. The van der Waals surface area contributed by atoms with Crippen LogP contribution >= 0.6 is 31.9 Å². The van der Waals surface area contributed by atoms with Gasteiger partial charge in [0.05, 0.1) is 5.39 Å². The van der Waals surface area contributed by atoms with Gasteiger partial charge in [0, 0.05) is 0 Å². The van der Waals surface area contributed by atoms with E-state index in [1.807, 2.05) is 0 Å². The number of hydrogen-bond acceptors (Lipinski definition) is 4. The predicted molar refractivity (Wildman–Crippen MR) is 78.7 cm³/mol. The van der Waals surface area contributed by atoms with Gasteiger partial charge in [0.25, 0.3) is 0 Å². The first-order valence-electron chi connectivity index (χ1n) is 5.26. The Hall–Kier alpha value is -1.53. The summed E-state index contributed by atoms with van der Waals surface area (Å²) in [5, 5.41) is 20.2. The summed E-state index contributed by atoms with van der Waals surface area (Å²) in [4.78, 5) is 12.4. The molecule has 6 heteroatoms. The molecule has 0 amide bonds. The molecule has 0 bridgehead atoms. The third kappa shape index (κ3) is 1.67. The van der Waals surface area contributed by atoms with Crippen LogP contribution in [0.25, 0.3) is 21.9 Å². The zero-order valence-corrected chi connectivity index (χ0v) is 12.4. The highest BCUT2D eigenvalue weighted by Crippen LogP contribution is 2.45. The third-order valence-corrected chi connectivity index (χ3v) is 4.34. The van der Waals surface area contributed by atoms with E-state index in [9.17, 15) is 15.0 Å². The summed E-state index contributed by atoms with van der Waals surface area (Å²) in [6.45, 7) is 0. The smallest absolute Gasteiger partial charge is 0.204 e. The molecule has 3 rings (SSSR count). The van der Waals surface area contributed by atoms with Crippen LogP contribution in [0.2, 0.25) is 0 Å². The van der Waals surface area contributed by atoms with E-state index in [0.717, 1.165) is 0 Å². The zero-order chi connectivity index (χ0) is 13.7. The molecule has 0 atom stereocenters. The highest BCUT2D eigenvalue weighted by molar-refractivity contribution is 9.11. The summed E-state index contributed by atoms with van der Waals surface area (Å²) >= 11 is 6.20. The molecule has 4 nitrogen and oxygen atoms in total. The molecule has 0 aliphatic heterocycles. The summed E-state index contributed by atoms with van der Waals surface area (Å²) in [5.41, 5.74) is 0.152. The Morgan fingerprint density at radius 3 is 2.42 bits per heavy atom. The number of aromatic hydroxyl groups is 2. The van der Waals surface area contributed by atoms with Crippen LogP contribution in [0, 0.1) is 0 Å². The van der Waals surface area contributed by atoms with Crippen molar-refractivity contribution in [2.45, 2.75) is 0 Å². The van der Waals surface area contributed by atoms with E-state index in [2.05, 4.69) is 31.9 Å². The Balaban J connectivity index is 2.71. The van der Waals surface area contributed by atoms with Crippen LogP contribution in [0.5, 0.6) is 11.5 Å². The lowest BCUT2D eigenvalue weighted by atomic mass is 10.1. The fraction of sp³-hybridized carbons (Fsp3) is 0. The molecule has 0 unspecified atom stereocenters. The van der Waals surface area contributed by atoms with Crippen molar-refractivity contribution in [2.24, 2.45) is 0 Å². The molecular formula is C13H6Br2O4. The summed E-state index contributed by atoms with van der Waals surface area (Å²) in [6, 6.07) is 6.73. The normalized spacial score (nSPS) is 11.3. The van der Waals surface area contributed by atoms with Gasteiger partial charge < -0.3 is 14.6 Å². The minimum absolute atomic E-state index is 0.0234. The number of para-hydroxylation sites is 1. The maximum atomic E-state index is 12.4. The first kappa shape index (κ1) is 12.5. The zero-order valence-electron chi connectivity index (χ0n) is 9.28. The minimum atomic E-state index is -0.351. The SMILES string of the molecule is O=c1c2ccccc2oc2c(Br)c(O)c(Br)c(O)c12.